The van der Waals surface area contributed by atoms with Crippen molar-refractivity contribution < 1.29 is 0 Å². The molecule has 1 heterocycles. The van der Waals surface area contributed by atoms with Gasteiger partial charge in [0.1, 0.15) is 5.51 Å². The van der Waals surface area contributed by atoms with Gasteiger partial charge in [0.2, 0.25) is 0 Å². The van der Waals surface area contributed by atoms with Crippen LogP contribution in [0.25, 0.3) is 0 Å². The number of hydrogen-bond donors (Lipinski definition) is 0. The second kappa shape index (κ2) is 5.98. The van der Waals surface area contributed by atoms with Gasteiger partial charge in [-0.25, -0.2) is 0 Å². The van der Waals surface area contributed by atoms with Crippen LogP contribution in [-0.4, -0.2) is 21.3 Å². The van der Waals surface area contributed by atoms with E-state index in [-0.39, 0.29) is 0 Å². The molecule has 0 saturated heterocycles. The summed E-state index contributed by atoms with van der Waals surface area (Å²) in [5, 5.41) is 8.87. The van der Waals surface area contributed by atoms with Crippen molar-refractivity contribution in [2.45, 2.75) is 18.2 Å². The summed E-state index contributed by atoms with van der Waals surface area (Å²) < 4.78 is 1.08. The maximum Gasteiger partial charge on any atom is 0.174 e. The predicted molar refractivity (Wildman–Crippen MR) is 62.8 cm³/mol. The van der Waals surface area contributed by atoms with Gasteiger partial charge < -0.3 is 0 Å². The number of thioether (sulfide) groups is 1. The molecule has 0 aliphatic rings. The Morgan fingerprint density at radius 3 is 2.85 bits per heavy atom. The van der Waals surface area contributed by atoms with Crippen molar-refractivity contribution in [2.75, 3.05) is 11.1 Å². The molecule has 0 aliphatic carbocycles. The Morgan fingerprint density at radius 2 is 2.38 bits per heavy atom. The van der Waals surface area contributed by atoms with Crippen LogP contribution in [0.2, 0.25) is 0 Å². The summed E-state index contributed by atoms with van der Waals surface area (Å²) in [7, 11) is 0. The molecule has 1 aromatic heterocycles. The lowest BCUT2D eigenvalue weighted by atomic mass is 10.0. The normalized spacial score (nSPS) is 13.5. The van der Waals surface area contributed by atoms with Gasteiger partial charge in [-0.05, 0) is 11.8 Å². The molecule has 0 radical (unpaired) electrons. The molecule has 0 fully saturated rings. The highest BCUT2D eigenvalue weighted by Gasteiger charge is 2.12. The van der Waals surface area contributed by atoms with Crippen molar-refractivity contribution in [3.05, 3.63) is 5.51 Å². The van der Waals surface area contributed by atoms with Gasteiger partial charge in [0.15, 0.2) is 4.34 Å². The van der Waals surface area contributed by atoms with Crippen LogP contribution in [0.3, 0.4) is 0 Å². The molecule has 1 rings (SSSR count). The molecule has 1 aromatic rings. The highest BCUT2D eigenvalue weighted by molar-refractivity contribution is 9.09. The quantitative estimate of drug-likeness (QED) is 0.612. The maximum atomic E-state index is 4.00. The fourth-order valence-electron chi connectivity index (χ4n) is 0.819. The number of nitrogens with zero attached hydrogens (tertiary/aromatic N) is 2. The topological polar surface area (TPSA) is 25.8 Å². The predicted octanol–water partition coefficient (Wildman–Crippen LogP) is 3.30. The van der Waals surface area contributed by atoms with E-state index in [1.807, 2.05) is 0 Å². The van der Waals surface area contributed by atoms with Crippen LogP contribution in [0.5, 0.6) is 0 Å². The Hall–Kier alpha value is 0.390. The van der Waals surface area contributed by atoms with Crippen LogP contribution in [0.4, 0.5) is 0 Å². The van der Waals surface area contributed by atoms with E-state index in [4.69, 9.17) is 0 Å². The van der Waals surface area contributed by atoms with Gasteiger partial charge in [0, 0.05) is 11.1 Å². The standard InChI is InChI=1S/C8H13BrN2S2/c1-6(2)7(3-9)4-12-8-11-10-5-13-8/h5-7H,3-4H2,1-2H3. The third-order valence-electron chi connectivity index (χ3n) is 1.90. The van der Waals surface area contributed by atoms with Crippen molar-refractivity contribution in [1.82, 2.24) is 10.2 Å². The van der Waals surface area contributed by atoms with Crippen molar-refractivity contribution in [3.63, 3.8) is 0 Å². The first-order chi connectivity index (χ1) is 6.24. The fraction of sp³-hybridized carbons (Fsp3) is 0.750. The first-order valence-corrected chi connectivity index (χ1v) is 7.17. The zero-order chi connectivity index (χ0) is 9.68. The molecule has 0 saturated carbocycles. The summed E-state index contributed by atoms with van der Waals surface area (Å²) in [5.41, 5.74) is 1.78. The largest absolute Gasteiger partial charge is 0.174 e. The van der Waals surface area contributed by atoms with Crippen molar-refractivity contribution in [1.29, 1.82) is 0 Å². The Balaban J connectivity index is 2.32. The molecule has 2 nitrogen and oxygen atoms in total. The van der Waals surface area contributed by atoms with Crippen LogP contribution < -0.4 is 0 Å². The minimum absolute atomic E-state index is 0.717. The van der Waals surface area contributed by atoms with Crippen molar-refractivity contribution in [3.8, 4) is 0 Å². The van der Waals surface area contributed by atoms with E-state index < -0.39 is 0 Å². The van der Waals surface area contributed by atoms with Gasteiger partial charge in [-0.3, -0.25) is 0 Å². The summed E-state index contributed by atoms with van der Waals surface area (Å²) in [6.07, 6.45) is 0. The molecule has 13 heavy (non-hydrogen) atoms. The third kappa shape index (κ3) is 3.95. The van der Waals surface area contributed by atoms with Gasteiger partial charge in [-0.1, -0.05) is 52.9 Å². The van der Waals surface area contributed by atoms with E-state index in [9.17, 15) is 0 Å². The number of halogens is 1. The number of alkyl halides is 1. The molecule has 1 atom stereocenters. The average molecular weight is 281 g/mol. The minimum Gasteiger partial charge on any atom is -0.146 e. The highest BCUT2D eigenvalue weighted by Crippen LogP contribution is 2.25. The molecule has 0 N–H and O–H groups in total. The lowest BCUT2D eigenvalue weighted by molar-refractivity contribution is 0.474. The molecule has 5 heteroatoms. The molecule has 0 spiro atoms. The third-order valence-corrected chi connectivity index (χ3v) is 4.78. The number of hydrogen-bond acceptors (Lipinski definition) is 4. The van der Waals surface area contributed by atoms with E-state index >= 15 is 0 Å². The van der Waals surface area contributed by atoms with Crippen molar-refractivity contribution >= 4 is 39.0 Å². The van der Waals surface area contributed by atoms with Crippen LogP contribution in [-0.2, 0) is 0 Å². The minimum atomic E-state index is 0.717. The fourth-order valence-corrected chi connectivity index (χ4v) is 3.95. The lowest BCUT2D eigenvalue weighted by Gasteiger charge is -2.16. The van der Waals surface area contributed by atoms with Crippen molar-refractivity contribution in [2.24, 2.45) is 11.8 Å². The van der Waals surface area contributed by atoms with E-state index in [1.54, 1.807) is 28.6 Å². The lowest BCUT2D eigenvalue weighted by Crippen LogP contribution is -2.12. The Bertz CT molecular complexity index is 226. The summed E-state index contributed by atoms with van der Waals surface area (Å²) in [4.78, 5) is 0. The summed E-state index contributed by atoms with van der Waals surface area (Å²) >= 11 is 6.95. The second-order valence-electron chi connectivity index (χ2n) is 3.17. The number of rotatable bonds is 5. The molecule has 0 amide bonds. The Morgan fingerprint density at radius 1 is 1.62 bits per heavy atom. The van der Waals surface area contributed by atoms with Crippen LogP contribution >= 0.6 is 39.0 Å². The summed E-state index contributed by atoms with van der Waals surface area (Å²) in [6, 6.07) is 0. The first-order valence-electron chi connectivity index (χ1n) is 4.19. The molecule has 0 aliphatic heterocycles. The monoisotopic (exact) mass is 280 g/mol. The van der Waals surface area contributed by atoms with Crippen LogP contribution in [0.15, 0.2) is 9.85 Å². The van der Waals surface area contributed by atoms with Gasteiger partial charge in [-0.2, -0.15) is 0 Å². The van der Waals surface area contributed by atoms with Gasteiger partial charge in [0.25, 0.3) is 0 Å². The first kappa shape index (κ1) is 11.5. The second-order valence-corrected chi connectivity index (χ2v) is 5.92. The maximum absolute atomic E-state index is 4.00. The molecular formula is C8H13BrN2S2. The van der Waals surface area contributed by atoms with E-state index in [1.165, 1.54) is 0 Å². The SMILES string of the molecule is CC(C)C(CBr)CSc1nncs1. The zero-order valence-electron chi connectivity index (χ0n) is 7.74. The number of aromatic nitrogens is 2. The Kier molecular flexibility index (Phi) is 5.28. The molecule has 0 aromatic carbocycles. The van der Waals surface area contributed by atoms with Gasteiger partial charge in [-0.15, -0.1) is 10.2 Å². The highest BCUT2D eigenvalue weighted by atomic mass is 79.9. The Labute approximate surface area is 95.7 Å². The van der Waals surface area contributed by atoms with E-state index in [0.29, 0.717) is 5.92 Å². The van der Waals surface area contributed by atoms with Crippen LogP contribution in [0, 0.1) is 11.8 Å². The van der Waals surface area contributed by atoms with Gasteiger partial charge >= 0.3 is 0 Å². The van der Waals surface area contributed by atoms with Crippen LogP contribution in [0.1, 0.15) is 13.8 Å². The molecule has 74 valence electrons. The average Bonchev–Trinajstić information content (AvgIpc) is 2.57. The van der Waals surface area contributed by atoms with E-state index in [0.717, 1.165) is 21.3 Å². The molecule has 0 bridgehead atoms. The summed E-state index contributed by atoms with van der Waals surface area (Å²) in [6.45, 7) is 4.51. The molecule has 1 unspecified atom stereocenters. The molecular weight excluding hydrogens is 268 g/mol. The zero-order valence-corrected chi connectivity index (χ0v) is 11.0. The van der Waals surface area contributed by atoms with Gasteiger partial charge in [0.05, 0.1) is 0 Å². The smallest absolute Gasteiger partial charge is 0.146 e. The summed E-state index contributed by atoms with van der Waals surface area (Å²) in [5.74, 6) is 2.56. The van der Waals surface area contributed by atoms with E-state index in [2.05, 4.69) is 40.0 Å².